The molecular weight excluding hydrogens is 260 g/mol. The third-order valence-electron chi connectivity index (χ3n) is 2.33. The van der Waals surface area contributed by atoms with Crippen LogP contribution in [-0.4, -0.2) is 73.2 Å². The molecule has 6 heteroatoms. The van der Waals surface area contributed by atoms with Gasteiger partial charge in [0.15, 0.2) is 0 Å². The van der Waals surface area contributed by atoms with Crippen LogP contribution in [0.4, 0.5) is 0 Å². The minimum atomic E-state index is -0.901. The number of carboxylic acid groups (broad SMARTS) is 2. The number of hydrogen-bond acceptors (Lipinski definition) is 4. The van der Waals surface area contributed by atoms with Gasteiger partial charge < -0.3 is 20.0 Å². The summed E-state index contributed by atoms with van der Waals surface area (Å²) < 4.78 is 0. The second-order valence-corrected chi connectivity index (χ2v) is 4.92. The molecule has 0 heterocycles. The number of aliphatic carboxylic acids is 2. The molecule has 0 fully saturated rings. The van der Waals surface area contributed by atoms with Crippen LogP contribution in [0.1, 0.15) is 12.8 Å². The number of rotatable bonds is 8. The van der Waals surface area contributed by atoms with Crippen LogP contribution in [0.3, 0.4) is 0 Å². The maximum atomic E-state index is 10.2. The monoisotopic (exact) mass is 286 g/mol. The predicted octanol–water partition coefficient (Wildman–Crippen LogP) is 1.16. The van der Waals surface area contributed by atoms with Crippen molar-refractivity contribution < 1.29 is 19.8 Å². The topological polar surface area (TPSA) is 81.1 Å². The van der Waals surface area contributed by atoms with E-state index in [1.807, 2.05) is 38.0 Å². The van der Waals surface area contributed by atoms with Crippen LogP contribution in [0.25, 0.3) is 0 Å². The van der Waals surface area contributed by atoms with Gasteiger partial charge in [0.2, 0.25) is 0 Å². The fraction of sp³-hybridized carbons (Fsp3) is 0.571. The molecule has 0 bridgehead atoms. The molecule has 0 atom stereocenters. The van der Waals surface area contributed by atoms with Gasteiger partial charge in [-0.25, -0.2) is 9.59 Å². The number of hydrogen-bond donors (Lipinski definition) is 2. The summed E-state index contributed by atoms with van der Waals surface area (Å²) >= 11 is 0. The number of carbonyl (C=O) groups is 2. The van der Waals surface area contributed by atoms with Crippen LogP contribution in [0.5, 0.6) is 0 Å². The second-order valence-electron chi connectivity index (χ2n) is 4.92. The Balaban J connectivity index is 0. The maximum absolute atomic E-state index is 10.2. The van der Waals surface area contributed by atoms with Gasteiger partial charge in [-0.05, 0) is 41.0 Å². The van der Waals surface area contributed by atoms with E-state index in [1.54, 1.807) is 0 Å². The van der Waals surface area contributed by atoms with Crippen molar-refractivity contribution in [1.82, 2.24) is 9.80 Å². The van der Waals surface area contributed by atoms with Gasteiger partial charge in [-0.3, -0.25) is 0 Å². The van der Waals surface area contributed by atoms with Crippen LogP contribution in [0.15, 0.2) is 24.3 Å². The average Bonchev–Trinajstić information content (AvgIpc) is 2.33. The largest absolute Gasteiger partial charge is 0.478 e. The molecule has 2 N–H and O–H groups in total. The van der Waals surface area contributed by atoms with E-state index >= 15 is 0 Å². The van der Waals surface area contributed by atoms with Crippen LogP contribution in [-0.2, 0) is 9.59 Å². The predicted molar refractivity (Wildman–Crippen MR) is 79.9 cm³/mol. The van der Waals surface area contributed by atoms with Gasteiger partial charge in [-0.2, -0.15) is 0 Å². The van der Waals surface area contributed by atoms with Gasteiger partial charge in [0.1, 0.15) is 0 Å². The summed E-state index contributed by atoms with van der Waals surface area (Å²) in [6, 6.07) is 0. The molecule has 0 amide bonds. The van der Waals surface area contributed by atoms with Crippen molar-refractivity contribution in [1.29, 1.82) is 0 Å². The van der Waals surface area contributed by atoms with Crippen molar-refractivity contribution >= 4 is 11.9 Å². The van der Waals surface area contributed by atoms with E-state index < -0.39 is 11.9 Å². The first-order chi connectivity index (χ1) is 9.07. The van der Waals surface area contributed by atoms with E-state index in [2.05, 4.69) is 13.2 Å². The highest BCUT2D eigenvalue weighted by molar-refractivity contribution is 5.86. The van der Waals surface area contributed by atoms with Crippen LogP contribution in [0, 0.1) is 0 Å². The Morgan fingerprint density at radius 2 is 1.05 bits per heavy atom. The zero-order chi connectivity index (χ0) is 16.3. The summed E-state index contributed by atoms with van der Waals surface area (Å²) in [5, 5.41) is 16.8. The molecule has 0 aliphatic carbocycles. The van der Waals surface area contributed by atoms with Crippen molar-refractivity contribution in [3.63, 3.8) is 0 Å². The highest BCUT2D eigenvalue weighted by Crippen LogP contribution is 1.98. The van der Waals surface area contributed by atoms with E-state index in [0.717, 1.165) is 13.1 Å². The highest BCUT2D eigenvalue weighted by Gasteiger charge is 2.03. The van der Waals surface area contributed by atoms with Crippen molar-refractivity contribution in [2.75, 3.05) is 41.3 Å². The zero-order valence-corrected chi connectivity index (χ0v) is 12.8. The Morgan fingerprint density at radius 3 is 1.20 bits per heavy atom. The minimum absolute atomic E-state index is 0.272. The number of carboxylic acids is 2. The van der Waals surface area contributed by atoms with E-state index in [1.165, 1.54) is 0 Å². The molecule has 0 unspecified atom stereocenters. The molecule has 0 rings (SSSR count). The molecule has 0 saturated heterocycles. The summed E-state index contributed by atoms with van der Waals surface area (Å²) in [5.41, 5.74) is 0.544. The zero-order valence-electron chi connectivity index (χ0n) is 12.8. The Morgan fingerprint density at radius 1 is 0.800 bits per heavy atom. The first kappa shape index (κ1) is 20.7. The highest BCUT2D eigenvalue weighted by atomic mass is 16.4. The third kappa shape index (κ3) is 14.4. The molecule has 0 aliphatic heterocycles. The average molecular weight is 286 g/mol. The summed E-state index contributed by atoms with van der Waals surface area (Å²) in [6.45, 7) is 8.28. The lowest BCUT2D eigenvalue weighted by atomic mass is 10.2. The normalized spacial score (nSPS) is 9.90. The minimum Gasteiger partial charge on any atom is -0.478 e. The van der Waals surface area contributed by atoms with Gasteiger partial charge in [-0.15, -0.1) is 0 Å². The number of nitrogens with zero attached hydrogens (tertiary/aromatic N) is 2. The quantitative estimate of drug-likeness (QED) is 0.652. The maximum Gasteiger partial charge on any atom is 0.331 e. The molecule has 0 aromatic rings. The standard InChI is InChI=1S/2C7H13NO2/c2*1-6(7(9)10)4-5-8(2)3/h2*1,4-5H2,2-3H3,(H,9,10). The van der Waals surface area contributed by atoms with Crippen LogP contribution < -0.4 is 0 Å². The van der Waals surface area contributed by atoms with Crippen molar-refractivity contribution in [2.24, 2.45) is 0 Å². The molecule has 0 spiro atoms. The Bertz CT molecular complexity index is 315. The van der Waals surface area contributed by atoms with Crippen molar-refractivity contribution in [3.8, 4) is 0 Å². The molecule has 20 heavy (non-hydrogen) atoms. The lowest BCUT2D eigenvalue weighted by Gasteiger charge is -2.07. The fourth-order valence-electron chi connectivity index (χ4n) is 0.931. The van der Waals surface area contributed by atoms with E-state index in [0.29, 0.717) is 12.8 Å². The molecule has 116 valence electrons. The van der Waals surface area contributed by atoms with Crippen molar-refractivity contribution in [3.05, 3.63) is 24.3 Å². The van der Waals surface area contributed by atoms with Crippen molar-refractivity contribution in [2.45, 2.75) is 12.8 Å². The lowest BCUT2D eigenvalue weighted by Crippen LogP contribution is -2.15. The summed E-state index contributed by atoms with van der Waals surface area (Å²) in [5.74, 6) is -1.80. The SMILES string of the molecule is C=C(CCN(C)C)C(=O)O.C=C(CCN(C)C)C(=O)O. The van der Waals surface area contributed by atoms with Gasteiger partial charge in [0.05, 0.1) is 0 Å². The van der Waals surface area contributed by atoms with E-state index in [-0.39, 0.29) is 11.1 Å². The Hall–Kier alpha value is -1.66. The van der Waals surface area contributed by atoms with Crippen LogP contribution >= 0.6 is 0 Å². The smallest absolute Gasteiger partial charge is 0.331 e. The van der Waals surface area contributed by atoms with Gasteiger partial charge >= 0.3 is 11.9 Å². The second kappa shape index (κ2) is 11.2. The first-order valence-electron chi connectivity index (χ1n) is 6.19. The van der Waals surface area contributed by atoms with Crippen LogP contribution in [0.2, 0.25) is 0 Å². The summed E-state index contributed by atoms with van der Waals surface area (Å²) in [6.07, 6.45) is 1.06. The Kier molecular flexibility index (Phi) is 11.6. The molecule has 0 aromatic heterocycles. The van der Waals surface area contributed by atoms with Gasteiger partial charge in [-0.1, -0.05) is 13.2 Å². The Labute approximate surface area is 121 Å². The fourth-order valence-corrected chi connectivity index (χ4v) is 0.931. The molecule has 0 aliphatic rings. The summed E-state index contributed by atoms with van der Waals surface area (Å²) in [7, 11) is 7.59. The van der Waals surface area contributed by atoms with Gasteiger partial charge in [0, 0.05) is 24.2 Å². The molecule has 6 nitrogen and oxygen atoms in total. The van der Waals surface area contributed by atoms with Gasteiger partial charge in [0.25, 0.3) is 0 Å². The molecule has 0 radical (unpaired) electrons. The van der Waals surface area contributed by atoms with E-state index in [9.17, 15) is 9.59 Å². The molecule has 0 saturated carbocycles. The molecule has 0 aromatic carbocycles. The summed E-state index contributed by atoms with van der Waals surface area (Å²) in [4.78, 5) is 24.2. The third-order valence-corrected chi connectivity index (χ3v) is 2.33. The first-order valence-corrected chi connectivity index (χ1v) is 6.19. The molecular formula is C14H26N2O4. The van der Waals surface area contributed by atoms with E-state index in [4.69, 9.17) is 10.2 Å². The lowest BCUT2D eigenvalue weighted by molar-refractivity contribution is -0.133.